The molecule has 0 fully saturated rings. The molecule has 0 amide bonds. The zero-order valence-electron chi connectivity index (χ0n) is 12.2. The fourth-order valence-corrected chi connectivity index (χ4v) is 2.51. The number of aryl methyl sites for hydroxylation is 1. The van der Waals surface area contributed by atoms with Crippen LogP contribution in [0.3, 0.4) is 0 Å². The zero-order valence-corrected chi connectivity index (χ0v) is 12.2. The highest BCUT2D eigenvalue weighted by atomic mass is 16.3. The minimum absolute atomic E-state index is 0.199. The van der Waals surface area contributed by atoms with Crippen molar-refractivity contribution in [2.24, 2.45) is 5.92 Å². The van der Waals surface area contributed by atoms with Gasteiger partial charge in [0.25, 0.3) is 0 Å². The van der Waals surface area contributed by atoms with Crippen molar-refractivity contribution in [1.29, 1.82) is 0 Å². The minimum atomic E-state index is 0.199. The second kappa shape index (κ2) is 6.07. The first-order valence-electron chi connectivity index (χ1n) is 6.91. The van der Waals surface area contributed by atoms with Crippen LogP contribution in [0.4, 0.5) is 0 Å². The Morgan fingerprint density at radius 2 is 1.95 bits per heavy atom. The largest absolute Gasteiger partial charge is 0.469 e. The quantitative estimate of drug-likeness (QED) is 0.872. The molecule has 1 heterocycles. The Morgan fingerprint density at radius 1 is 1.16 bits per heavy atom. The number of rotatable bonds is 5. The van der Waals surface area contributed by atoms with Gasteiger partial charge in [-0.15, -0.1) is 0 Å². The molecular formula is C17H23NO. The highest BCUT2D eigenvalue weighted by Crippen LogP contribution is 2.24. The van der Waals surface area contributed by atoms with Gasteiger partial charge < -0.3 is 9.73 Å². The molecule has 0 aliphatic heterocycles. The summed E-state index contributed by atoms with van der Waals surface area (Å²) < 4.78 is 5.42. The number of furan rings is 1. The highest BCUT2D eigenvalue weighted by molar-refractivity contribution is 5.33. The molecule has 0 aliphatic rings. The summed E-state index contributed by atoms with van der Waals surface area (Å²) in [5.41, 5.74) is 3.87. The highest BCUT2D eigenvalue weighted by Gasteiger charge is 2.14. The minimum Gasteiger partial charge on any atom is -0.469 e. The van der Waals surface area contributed by atoms with Gasteiger partial charge in [-0.25, -0.2) is 0 Å². The van der Waals surface area contributed by atoms with Gasteiger partial charge >= 0.3 is 0 Å². The van der Waals surface area contributed by atoms with E-state index in [1.807, 2.05) is 20.2 Å². The average molecular weight is 257 g/mol. The summed E-state index contributed by atoms with van der Waals surface area (Å²) in [5.74, 6) is 1.63. The standard InChI is InChI=1S/C17H23NO/c1-12(2)8-14-6-5-7-15(10-14)17(18-4)16-9-13(3)19-11-16/h5-7,9-12,17-18H,8H2,1-4H3. The Labute approximate surface area is 115 Å². The second-order valence-corrected chi connectivity index (χ2v) is 5.56. The van der Waals surface area contributed by atoms with E-state index < -0.39 is 0 Å². The molecule has 1 aromatic carbocycles. The SMILES string of the molecule is CNC(c1cccc(CC(C)C)c1)c1coc(C)c1. The summed E-state index contributed by atoms with van der Waals surface area (Å²) >= 11 is 0. The summed E-state index contributed by atoms with van der Waals surface area (Å²) in [6, 6.07) is 11.1. The Hall–Kier alpha value is -1.54. The van der Waals surface area contributed by atoms with E-state index in [-0.39, 0.29) is 6.04 Å². The molecule has 19 heavy (non-hydrogen) atoms. The monoisotopic (exact) mass is 257 g/mol. The van der Waals surface area contributed by atoms with Crippen molar-refractivity contribution in [2.75, 3.05) is 7.05 Å². The van der Waals surface area contributed by atoms with Gasteiger partial charge in [-0.05, 0) is 43.5 Å². The molecule has 1 aromatic heterocycles. The van der Waals surface area contributed by atoms with Crippen molar-refractivity contribution < 1.29 is 4.42 Å². The molecule has 2 nitrogen and oxygen atoms in total. The molecule has 0 aliphatic carbocycles. The lowest BCUT2D eigenvalue weighted by Gasteiger charge is -2.16. The van der Waals surface area contributed by atoms with Crippen LogP contribution in [0.2, 0.25) is 0 Å². The van der Waals surface area contributed by atoms with Crippen molar-refractivity contribution in [3.63, 3.8) is 0 Å². The third-order valence-electron chi connectivity index (χ3n) is 3.30. The Balaban J connectivity index is 2.28. The van der Waals surface area contributed by atoms with Crippen LogP contribution < -0.4 is 5.32 Å². The van der Waals surface area contributed by atoms with Gasteiger partial charge in [0.15, 0.2) is 0 Å². The molecule has 1 atom stereocenters. The van der Waals surface area contributed by atoms with Crippen LogP contribution in [0, 0.1) is 12.8 Å². The first kappa shape index (κ1) is 13.9. The van der Waals surface area contributed by atoms with Crippen LogP contribution in [0.25, 0.3) is 0 Å². The maximum atomic E-state index is 5.42. The van der Waals surface area contributed by atoms with Gasteiger partial charge in [0.2, 0.25) is 0 Å². The van der Waals surface area contributed by atoms with E-state index >= 15 is 0 Å². The van der Waals surface area contributed by atoms with Gasteiger partial charge in [0, 0.05) is 5.56 Å². The van der Waals surface area contributed by atoms with Gasteiger partial charge in [-0.1, -0.05) is 38.1 Å². The molecule has 102 valence electrons. The molecule has 1 N–H and O–H groups in total. The summed E-state index contributed by atoms with van der Waals surface area (Å²) in [6.07, 6.45) is 2.96. The molecule has 0 saturated carbocycles. The fraction of sp³-hybridized carbons (Fsp3) is 0.412. The van der Waals surface area contributed by atoms with Crippen molar-refractivity contribution >= 4 is 0 Å². The molecule has 0 spiro atoms. The lowest BCUT2D eigenvalue weighted by molar-refractivity contribution is 0.527. The van der Waals surface area contributed by atoms with Crippen LogP contribution in [0.5, 0.6) is 0 Å². The van der Waals surface area contributed by atoms with Gasteiger partial charge in [-0.3, -0.25) is 0 Å². The average Bonchev–Trinajstić information content (AvgIpc) is 2.76. The van der Waals surface area contributed by atoms with E-state index in [4.69, 9.17) is 4.42 Å². The third-order valence-corrected chi connectivity index (χ3v) is 3.30. The van der Waals surface area contributed by atoms with Crippen molar-refractivity contribution in [3.8, 4) is 0 Å². The van der Waals surface area contributed by atoms with Crippen LogP contribution >= 0.6 is 0 Å². The lowest BCUT2D eigenvalue weighted by atomic mass is 9.96. The van der Waals surface area contributed by atoms with Crippen molar-refractivity contribution in [2.45, 2.75) is 33.2 Å². The van der Waals surface area contributed by atoms with E-state index in [1.54, 1.807) is 0 Å². The van der Waals surface area contributed by atoms with E-state index in [1.165, 1.54) is 16.7 Å². The summed E-state index contributed by atoms with van der Waals surface area (Å²) in [6.45, 7) is 6.48. The van der Waals surface area contributed by atoms with Gasteiger partial charge in [0.1, 0.15) is 5.76 Å². The van der Waals surface area contributed by atoms with Crippen LogP contribution in [-0.2, 0) is 6.42 Å². The van der Waals surface area contributed by atoms with Crippen LogP contribution in [-0.4, -0.2) is 7.05 Å². The molecule has 0 bridgehead atoms. The van der Waals surface area contributed by atoms with E-state index in [2.05, 4.69) is 49.5 Å². The predicted octanol–water partition coefficient (Wildman–Crippen LogP) is 4.10. The van der Waals surface area contributed by atoms with E-state index in [0.717, 1.165) is 12.2 Å². The molecule has 2 heteroatoms. The Bertz CT molecular complexity index is 528. The normalized spacial score (nSPS) is 12.9. The molecule has 0 radical (unpaired) electrons. The van der Waals surface area contributed by atoms with Gasteiger partial charge in [-0.2, -0.15) is 0 Å². The smallest absolute Gasteiger partial charge is 0.101 e. The van der Waals surface area contributed by atoms with E-state index in [0.29, 0.717) is 5.92 Å². The van der Waals surface area contributed by atoms with Gasteiger partial charge in [0.05, 0.1) is 12.3 Å². The topological polar surface area (TPSA) is 25.2 Å². The lowest BCUT2D eigenvalue weighted by Crippen LogP contribution is -2.17. The van der Waals surface area contributed by atoms with E-state index in [9.17, 15) is 0 Å². The molecule has 2 aromatic rings. The maximum absolute atomic E-state index is 5.42. The number of hydrogen-bond donors (Lipinski definition) is 1. The third kappa shape index (κ3) is 3.48. The molecule has 1 unspecified atom stereocenters. The number of benzene rings is 1. The number of nitrogens with one attached hydrogen (secondary N) is 1. The first-order chi connectivity index (χ1) is 9.10. The summed E-state index contributed by atoms with van der Waals surface area (Å²) in [7, 11) is 1.99. The Kier molecular flexibility index (Phi) is 4.43. The molecule has 2 rings (SSSR count). The second-order valence-electron chi connectivity index (χ2n) is 5.56. The fourth-order valence-electron chi connectivity index (χ4n) is 2.51. The number of hydrogen-bond acceptors (Lipinski definition) is 2. The zero-order chi connectivity index (χ0) is 13.8. The van der Waals surface area contributed by atoms with Crippen molar-refractivity contribution in [3.05, 3.63) is 59.0 Å². The maximum Gasteiger partial charge on any atom is 0.101 e. The molecular weight excluding hydrogens is 234 g/mol. The molecule has 0 saturated heterocycles. The first-order valence-corrected chi connectivity index (χ1v) is 6.91. The Morgan fingerprint density at radius 3 is 2.53 bits per heavy atom. The van der Waals surface area contributed by atoms with Crippen molar-refractivity contribution in [1.82, 2.24) is 5.32 Å². The van der Waals surface area contributed by atoms with Crippen LogP contribution in [0.1, 0.15) is 42.3 Å². The predicted molar refractivity (Wildman–Crippen MR) is 79.3 cm³/mol. The van der Waals surface area contributed by atoms with Crippen LogP contribution in [0.15, 0.2) is 41.0 Å². The summed E-state index contributed by atoms with van der Waals surface area (Å²) in [5, 5.41) is 3.37. The summed E-state index contributed by atoms with van der Waals surface area (Å²) in [4.78, 5) is 0.